The lowest BCUT2D eigenvalue weighted by Gasteiger charge is -1.80. The molecule has 62 valence electrons. The summed E-state index contributed by atoms with van der Waals surface area (Å²) in [6.45, 7) is 0. The van der Waals surface area contributed by atoms with Crippen molar-refractivity contribution < 1.29 is 0 Å². The van der Waals surface area contributed by atoms with Crippen molar-refractivity contribution in [3.05, 3.63) is 15.4 Å². The molecule has 0 saturated carbocycles. The molecule has 2 heterocycles. The van der Waals surface area contributed by atoms with E-state index in [0.29, 0.717) is 15.2 Å². The molecule has 2 rings (SSSR count). The third-order valence-corrected chi connectivity index (χ3v) is 3.07. The smallest absolute Gasteiger partial charge is 0.177 e. The third kappa shape index (κ3) is 1.31. The highest BCUT2D eigenvalue weighted by Gasteiger charge is 2.09. The first-order valence-corrected chi connectivity index (χ1v) is 4.53. The number of aromatic amines is 1. The fraction of sp³-hybridized carbons (Fsp3) is 0. The number of thiophene rings is 1. The molecule has 12 heavy (non-hydrogen) atoms. The fourth-order valence-corrected chi connectivity index (χ4v) is 2.02. The second-order valence-corrected chi connectivity index (χ2v) is 4.03. The summed E-state index contributed by atoms with van der Waals surface area (Å²) in [6.07, 6.45) is 0. The molecule has 2 aromatic rings. The van der Waals surface area contributed by atoms with Gasteiger partial charge in [0, 0.05) is 0 Å². The van der Waals surface area contributed by atoms with Crippen LogP contribution >= 0.6 is 34.5 Å². The first kappa shape index (κ1) is 7.97. The van der Waals surface area contributed by atoms with E-state index in [1.165, 1.54) is 11.3 Å². The summed E-state index contributed by atoms with van der Waals surface area (Å²) in [4.78, 5) is 0.804. The summed E-state index contributed by atoms with van der Waals surface area (Å²) in [5.74, 6) is 0.508. The molecule has 0 fully saturated rings. The Kier molecular flexibility index (Phi) is 2.00. The van der Waals surface area contributed by atoms with Crippen LogP contribution in [-0.2, 0) is 0 Å². The second-order valence-electron chi connectivity index (χ2n) is 1.97. The minimum Gasteiger partial charge on any atom is -0.177 e. The van der Waals surface area contributed by atoms with Crippen LogP contribution in [0.4, 0.5) is 0 Å². The number of hydrogen-bond donors (Lipinski definition) is 1. The lowest BCUT2D eigenvalue weighted by atomic mass is 10.4. The molecule has 0 saturated heterocycles. The Balaban J connectivity index is 2.48. The van der Waals surface area contributed by atoms with Crippen molar-refractivity contribution in [2.45, 2.75) is 0 Å². The largest absolute Gasteiger partial charge is 0.214 e. The first-order valence-electron chi connectivity index (χ1n) is 2.96. The van der Waals surface area contributed by atoms with Crippen LogP contribution in [0, 0.1) is 0 Å². The average molecular weight is 221 g/mol. The minimum absolute atomic E-state index is 0.508. The summed E-state index contributed by atoms with van der Waals surface area (Å²) in [5, 5.41) is 13.9. The predicted octanol–water partition coefficient (Wildman–Crippen LogP) is 2.23. The highest BCUT2D eigenvalue weighted by Crippen LogP contribution is 2.35. The molecule has 0 radical (unpaired) electrons. The Hall–Kier alpha value is -0.650. The quantitative estimate of drug-likeness (QED) is 0.803. The van der Waals surface area contributed by atoms with Gasteiger partial charge in [0.05, 0.1) is 9.90 Å². The minimum atomic E-state index is 0.508. The number of H-pyrrole nitrogens is 1. The molecule has 0 spiro atoms. The van der Waals surface area contributed by atoms with Gasteiger partial charge in [-0.25, -0.2) is 0 Å². The van der Waals surface area contributed by atoms with Gasteiger partial charge in [0.1, 0.15) is 4.34 Å². The molecule has 1 N–H and O–H groups in total. The molecular formula is C5H2Cl2N4S. The number of nitrogens with zero attached hydrogens (tertiary/aromatic N) is 3. The van der Waals surface area contributed by atoms with E-state index >= 15 is 0 Å². The van der Waals surface area contributed by atoms with E-state index in [0.717, 1.165) is 4.88 Å². The third-order valence-electron chi connectivity index (χ3n) is 1.21. The number of rotatable bonds is 1. The van der Waals surface area contributed by atoms with Gasteiger partial charge in [-0.2, -0.15) is 5.21 Å². The molecule has 0 bridgehead atoms. The Labute approximate surface area is 81.5 Å². The van der Waals surface area contributed by atoms with Crippen molar-refractivity contribution in [2.24, 2.45) is 0 Å². The molecule has 7 heteroatoms. The summed E-state index contributed by atoms with van der Waals surface area (Å²) in [7, 11) is 0. The highest BCUT2D eigenvalue weighted by molar-refractivity contribution is 7.20. The summed E-state index contributed by atoms with van der Waals surface area (Å²) < 4.78 is 0.538. The normalized spacial score (nSPS) is 10.5. The van der Waals surface area contributed by atoms with E-state index in [2.05, 4.69) is 20.6 Å². The zero-order valence-corrected chi connectivity index (χ0v) is 7.91. The van der Waals surface area contributed by atoms with Gasteiger partial charge in [-0.15, -0.1) is 21.5 Å². The van der Waals surface area contributed by atoms with Gasteiger partial charge in [-0.05, 0) is 11.3 Å². The number of aromatic nitrogens is 4. The number of tetrazole rings is 1. The van der Waals surface area contributed by atoms with Gasteiger partial charge < -0.3 is 0 Å². The zero-order valence-electron chi connectivity index (χ0n) is 5.58. The summed E-state index contributed by atoms with van der Waals surface area (Å²) in [6, 6.07) is 1.71. The van der Waals surface area contributed by atoms with Crippen LogP contribution in [-0.4, -0.2) is 20.6 Å². The van der Waals surface area contributed by atoms with Crippen LogP contribution in [0.2, 0.25) is 9.36 Å². The standard InChI is InChI=1S/C5H2Cl2N4S/c6-2-1-3(12-4(2)7)5-8-10-11-9-5/h1H,(H,8,9,10,11). The van der Waals surface area contributed by atoms with Crippen LogP contribution in [0.3, 0.4) is 0 Å². The molecule has 0 atom stereocenters. The van der Waals surface area contributed by atoms with Crippen LogP contribution < -0.4 is 0 Å². The first-order chi connectivity index (χ1) is 5.77. The molecule has 0 aliphatic rings. The Morgan fingerprint density at radius 2 is 2.25 bits per heavy atom. The Morgan fingerprint density at radius 1 is 1.42 bits per heavy atom. The molecule has 0 aliphatic heterocycles. The second kappa shape index (κ2) is 3.01. The van der Waals surface area contributed by atoms with Crippen molar-refractivity contribution in [3.8, 4) is 10.7 Å². The number of hydrogen-bond acceptors (Lipinski definition) is 4. The lowest BCUT2D eigenvalue weighted by Crippen LogP contribution is -1.73. The van der Waals surface area contributed by atoms with Gasteiger partial charge >= 0.3 is 0 Å². The van der Waals surface area contributed by atoms with Crippen LogP contribution in [0.15, 0.2) is 6.07 Å². The maximum absolute atomic E-state index is 5.75. The maximum Gasteiger partial charge on any atom is 0.214 e. The van der Waals surface area contributed by atoms with E-state index in [-0.39, 0.29) is 0 Å². The van der Waals surface area contributed by atoms with E-state index in [9.17, 15) is 0 Å². The number of nitrogens with one attached hydrogen (secondary N) is 1. The molecule has 0 amide bonds. The molecular weight excluding hydrogens is 219 g/mol. The number of halogens is 2. The topological polar surface area (TPSA) is 54.5 Å². The van der Waals surface area contributed by atoms with Gasteiger partial charge in [-0.1, -0.05) is 23.2 Å². The van der Waals surface area contributed by atoms with E-state index in [1.54, 1.807) is 6.07 Å². The van der Waals surface area contributed by atoms with Gasteiger partial charge in [0.15, 0.2) is 0 Å². The van der Waals surface area contributed by atoms with Crippen molar-refractivity contribution in [3.63, 3.8) is 0 Å². The van der Waals surface area contributed by atoms with Crippen LogP contribution in [0.25, 0.3) is 10.7 Å². The van der Waals surface area contributed by atoms with Gasteiger partial charge in [0.25, 0.3) is 0 Å². The predicted molar refractivity (Wildman–Crippen MR) is 47.5 cm³/mol. The van der Waals surface area contributed by atoms with Crippen molar-refractivity contribution in [1.82, 2.24) is 20.6 Å². The SMILES string of the molecule is Clc1cc(-c2nn[nH]n2)sc1Cl. The summed E-state index contributed by atoms with van der Waals surface area (Å²) >= 11 is 12.8. The molecule has 0 aromatic carbocycles. The summed E-state index contributed by atoms with van der Waals surface area (Å²) in [5.41, 5.74) is 0. The fourth-order valence-electron chi connectivity index (χ4n) is 0.723. The Morgan fingerprint density at radius 3 is 2.75 bits per heavy atom. The van der Waals surface area contributed by atoms with Crippen molar-refractivity contribution in [2.75, 3.05) is 0 Å². The monoisotopic (exact) mass is 220 g/mol. The maximum atomic E-state index is 5.75. The highest BCUT2D eigenvalue weighted by atomic mass is 35.5. The van der Waals surface area contributed by atoms with Gasteiger partial charge in [0.2, 0.25) is 5.82 Å². The molecule has 2 aromatic heterocycles. The van der Waals surface area contributed by atoms with Crippen LogP contribution in [0.1, 0.15) is 0 Å². The van der Waals surface area contributed by atoms with Crippen molar-refractivity contribution >= 4 is 34.5 Å². The van der Waals surface area contributed by atoms with E-state index in [4.69, 9.17) is 23.2 Å². The zero-order chi connectivity index (χ0) is 8.55. The Bertz CT molecular complexity index is 363. The van der Waals surface area contributed by atoms with Crippen LogP contribution in [0.5, 0.6) is 0 Å². The molecule has 0 unspecified atom stereocenters. The van der Waals surface area contributed by atoms with E-state index < -0.39 is 0 Å². The molecule has 0 aliphatic carbocycles. The van der Waals surface area contributed by atoms with Crippen molar-refractivity contribution in [1.29, 1.82) is 0 Å². The van der Waals surface area contributed by atoms with E-state index in [1.807, 2.05) is 0 Å². The average Bonchev–Trinajstić information content (AvgIpc) is 2.61. The van der Waals surface area contributed by atoms with Gasteiger partial charge in [-0.3, -0.25) is 0 Å². The molecule has 4 nitrogen and oxygen atoms in total. The lowest BCUT2D eigenvalue weighted by molar-refractivity contribution is 0.881.